The van der Waals surface area contributed by atoms with Crippen LogP contribution in [0, 0.1) is 0 Å². The molecule has 8 heteroatoms. The van der Waals surface area contributed by atoms with Crippen molar-refractivity contribution in [2.45, 2.75) is 51.2 Å². The number of fused-ring (bicyclic) bond motifs is 1. The van der Waals surface area contributed by atoms with E-state index in [1.165, 1.54) is 4.57 Å². The third kappa shape index (κ3) is 3.93. The van der Waals surface area contributed by atoms with Gasteiger partial charge in [0.25, 0.3) is 5.91 Å². The molecule has 136 valence electrons. The van der Waals surface area contributed by atoms with Crippen LogP contribution in [0.3, 0.4) is 0 Å². The van der Waals surface area contributed by atoms with Crippen LogP contribution in [0.4, 0.5) is 0 Å². The molecule has 0 aliphatic heterocycles. The molecule has 3 rings (SSSR count). The summed E-state index contributed by atoms with van der Waals surface area (Å²) in [6.45, 7) is 2.20. The Morgan fingerprint density at radius 3 is 2.60 bits per heavy atom. The lowest BCUT2D eigenvalue weighted by Crippen LogP contribution is -2.40. The summed E-state index contributed by atoms with van der Waals surface area (Å²) in [6.07, 6.45) is 3.59. The number of aromatic nitrogens is 2. The van der Waals surface area contributed by atoms with Gasteiger partial charge in [0.05, 0.1) is 11.0 Å². The minimum atomic E-state index is -0.678. The number of aryl methyl sites for hydroxylation is 1. The zero-order valence-corrected chi connectivity index (χ0v) is 14.9. The molecule has 1 aliphatic carbocycles. The van der Waals surface area contributed by atoms with E-state index in [2.05, 4.69) is 10.3 Å². The Morgan fingerprint density at radius 2 is 1.96 bits per heavy atom. The van der Waals surface area contributed by atoms with E-state index in [4.69, 9.17) is 5.73 Å². The smallest absolute Gasteiger partial charge is 0.316 e. The number of carbonyl (C=O) groups excluding carboxylic acids is 1. The fourth-order valence-corrected chi connectivity index (χ4v) is 3.27. The molecule has 4 N–H and O–H groups in total. The Kier molecular flexibility index (Phi) is 6.02. The average Bonchev–Trinajstić information content (AvgIpc) is 2.57. The van der Waals surface area contributed by atoms with E-state index >= 15 is 0 Å². The standard InChI is InChI=1S/C17H22N4O3.ClH/c1-2-21-14-8-3-10(9-13(14)20-16(23)17(21)24)15(22)19-12-6-4-11(18)5-7-12;/h3,8-9,11-12H,2,4-7,18H2,1H3,(H,19,22)(H,20,23);1H. The van der Waals surface area contributed by atoms with Crippen molar-refractivity contribution in [1.82, 2.24) is 14.9 Å². The lowest BCUT2D eigenvalue weighted by atomic mass is 9.91. The Morgan fingerprint density at radius 1 is 1.28 bits per heavy atom. The lowest BCUT2D eigenvalue weighted by Gasteiger charge is -2.26. The van der Waals surface area contributed by atoms with Crippen molar-refractivity contribution >= 4 is 29.3 Å². The number of amides is 1. The number of rotatable bonds is 3. The van der Waals surface area contributed by atoms with Crippen molar-refractivity contribution in [3.8, 4) is 0 Å². The second-order valence-corrected chi connectivity index (χ2v) is 6.32. The third-order valence-corrected chi connectivity index (χ3v) is 4.66. The minimum Gasteiger partial charge on any atom is -0.349 e. The highest BCUT2D eigenvalue weighted by Crippen LogP contribution is 2.18. The van der Waals surface area contributed by atoms with Gasteiger partial charge in [-0.25, -0.2) is 0 Å². The molecule has 0 atom stereocenters. The summed E-state index contributed by atoms with van der Waals surface area (Å²) in [6, 6.07) is 5.36. The van der Waals surface area contributed by atoms with Crippen molar-refractivity contribution in [2.24, 2.45) is 5.73 Å². The van der Waals surface area contributed by atoms with E-state index in [0.717, 1.165) is 25.7 Å². The second-order valence-electron chi connectivity index (χ2n) is 6.32. The molecule has 1 aliphatic rings. The van der Waals surface area contributed by atoms with Gasteiger partial charge in [0.2, 0.25) is 0 Å². The van der Waals surface area contributed by atoms with E-state index < -0.39 is 11.1 Å². The Hall–Kier alpha value is -2.12. The molecule has 1 amide bonds. The van der Waals surface area contributed by atoms with Crippen molar-refractivity contribution < 1.29 is 4.79 Å². The lowest BCUT2D eigenvalue weighted by molar-refractivity contribution is 0.0926. The zero-order valence-electron chi connectivity index (χ0n) is 14.1. The van der Waals surface area contributed by atoms with E-state index in [0.29, 0.717) is 23.1 Å². The van der Waals surface area contributed by atoms with Gasteiger partial charge in [-0.15, -0.1) is 12.4 Å². The Bertz CT molecular complexity index is 882. The first kappa shape index (κ1) is 19.2. The van der Waals surface area contributed by atoms with Crippen LogP contribution in [-0.4, -0.2) is 27.5 Å². The van der Waals surface area contributed by atoms with Crippen LogP contribution in [0.25, 0.3) is 11.0 Å². The third-order valence-electron chi connectivity index (χ3n) is 4.66. The van der Waals surface area contributed by atoms with Gasteiger partial charge in [-0.1, -0.05) is 0 Å². The average molecular weight is 367 g/mol. The maximum absolute atomic E-state index is 12.4. The molecule has 25 heavy (non-hydrogen) atoms. The number of nitrogens with one attached hydrogen (secondary N) is 2. The summed E-state index contributed by atoms with van der Waals surface area (Å²) in [5.41, 5.74) is 6.19. The number of nitrogens with zero attached hydrogens (tertiary/aromatic N) is 1. The molecule has 7 nitrogen and oxygen atoms in total. The van der Waals surface area contributed by atoms with Crippen molar-refractivity contribution in [3.63, 3.8) is 0 Å². The molecule has 1 heterocycles. The molecule has 1 aromatic carbocycles. The number of halogens is 1. The number of hydrogen-bond acceptors (Lipinski definition) is 4. The maximum Gasteiger partial charge on any atom is 0.316 e. The predicted molar refractivity (Wildman–Crippen MR) is 99.4 cm³/mol. The number of H-pyrrole nitrogens is 1. The van der Waals surface area contributed by atoms with Crippen molar-refractivity contribution in [3.05, 3.63) is 44.5 Å². The molecule has 2 aromatic rings. The van der Waals surface area contributed by atoms with Crippen LogP contribution in [0.5, 0.6) is 0 Å². The van der Waals surface area contributed by atoms with E-state index in [1.54, 1.807) is 25.1 Å². The van der Waals surface area contributed by atoms with E-state index in [9.17, 15) is 14.4 Å². The van der Waals surface area contributed by atoms with Crippen LogP contribution in [0.15, 0.2) is 27.8 Å². The van der Waals surface area contributed by atoms with Crippen molar-refractivity contribution in [1.29, 1.82) is 0 Å². The zero-order chi connectivity index (χ0) is 17.3. The Balaban J connectivity index is 0.00000225. The minimum absolute atomic E-state index is 0. The van der Waals surface area contributed by atoms with Gasteiger partial charge in [0.1, 0.15) is 0 Å². The summed E-state index contributed by atoms with van der Waals surface area (Å²) in [7, 11) is 0. The quantitative estimate of drug-likeness (QED) is 0.707. The van der Waals surface area contributed by atoms with E-state index in [1.807, 2.05) is 0 Å². The van der Waals surface area contributed by atoms with Gasteiger partial charge in [-0.05, 0) is 50.8 Å². The first-order valence-corrected chi connectivity index (χ1v) is 8.33. The number of carbonyl (C=O) groups is 1. The maximum atomic E-state index is 12.4. The van der Waals surface area contributed by atoms with Gasteiger partial charge < -0.3 is 20.6 Å². The van der Waals surface area contributed by atoms with E-state index in [-0.39, 0.29) is 30.4 Å². The van der Waals surface area contributed by atoms with Gasteiger partial charge in [0.15, 0.2) is 0 Å². The highest BCUT2D eigenvalue weighted by atomic mass is 35.5. The van der Waals surface area contributed by atoms with Gasteiger partial charge in [-0.2, -0.15) is 0 Å². The first-order chi connectivity index (χ1) is 11.5. The van der Waals surface area contributed by atoms with Gasteiger partial charge >= 0.3 is 11.1 Å². The topological polar surface area (TPSA) is 110 Å². The molecule has 0 unspecified atom stereocenters. The molecule has 1 fully saturated rings. The molecule has 1 aromatic heterocycles. The SMILES string of the molecule is CCn1c(=O)c(=O)[nH]c2cc(C(=O)NC3CCC(N)CC3)ccc21.Cl. The molecule has 0 radical (unpaired) electrons. The highest BCUT2D eigenvalue weighted by Gasteiger charge is 2.20. The molecular weight excluding hydrogens is 344 g/mol. The first-order valence-electron chi connectivity index (χ1n) is 8.33. The number of nitrogens with two attached hydrogens (primary N) is 1. The summed E-state index contributed by atoms with van der Waals surface area (Å²) in [4.78, 5) is 38.6. The van der Waals surface area contributed by atoms with Crippen LogP contribution in [-0.2, 0) is 6.54 Å². The number of benzene rings is 1. The van der Waals surface area contributed by atoms with Crippen LogP contribution >= 0.6 is 12.4 Å². The van der Waals surface area contributed by atoms with Crippen molar-refractivity contribution in [2.75, 3.05) is 0 Å². The van der Waals surface area contributed by atoms with Crippen LogP contribution in [0.1, 0.15) is 43.0 Å². The molecule has 0 spiro atoms. The summed E-state index contributed by atoms with van der Waals surface area (Å²) in [5.74, 6) is -0.174. The highest BCUT2D eigenvalue weighted by molar-refractivity contribution is 5.97. The summed E-state index contributed by atoms with van der Waals surface area (Å²) in [5, 5.41) is 3.02. The fourth-order valence-electron chi connectivity index (χ4n) is 3.27. The van der Waals surface area contributed by atoms with Gasteiger partial charge in [0, 0.05) is 24.2 Å². The normalized spacial score (nSPS) is 20.1. The second kappa shape index (κ2) is 7.84. The van der Waals surface area contributed by atoms with Crippen LogP contribution < -0.4 is 22.2 Å². The van der Waals surface area contributed by atoms with Crippen LogP contribution in [0.2, 0.25) is 0 Å². The fraction of sp³-hybridized carbons (Fsp3) is 0.471. The summed E-state index contributed by atoms with van der Waals surface area (Å²) < 4.78 is 1.40. The number of aromatic amines is 1. The van der Waals surface area contributed by atoms with Gasteiger partial charge in [-0.3, -0.25) is 14.4 Å². The monoisotopic (exact) mass is 366 g/mol. The molecule has 0 saturated heterocycles. The molecular formula is C17H23ClN4O3. The predicted octanol–water partition coefficient (Wildman–Crippen LogP) is 1.13. The molecule has 1 saturated carbocycles. The Labute approximate surface area is 151 Å². The largest absolute Gasteiger partial charge is 0.349 e. The summed E-state index contributed by atoms with van der Waals surface area (Å²) >= 11 is 0. The molecule has 0 bridgehead atoms. The number of hydrogen-bond donors (Lipinski definition) is 3.